The molecule has 0 aliphatic carbocycles. The van der Waals surface area contributed by atoms with Gasteiger partial charge in [0.05, 0.1) is 13.2 Å². The summed E-state index contributed by atoms with van der Waals surface area (Å²) in [4.78, 5) is 13.7. The van der Waals surface area contributed by atoms with Crippen molar-refractivity contribution in [2.45, 2.75) is 46.7 Å². The number of amides is 1. The fourth-order valence-electron chi connectivity index (χ4n) is 2.84. The van der Waals surface area contributed by atoms with E-state index in [2.05, 4.69) is 24.4 Å². The standard InChI is InChI=1S/C18H28N2O3/c1-4-8-19-12-15-10-14-7-9-20(18(21)23-6-3)13-16(14)11-17(15)22-5-2/h10-11,19H,4-9,12-13H2,1-3H3. The van der Waals surface area contributed by atoms with E-state index in [4.69, 9.17) is 9.47 Å². The Morgan fingerprint density at radius 3 is 2.74 bits per heavy atom. The molecule has 0 radical (unpaired) electrons. The summed E-state index contributed by atoms with van der Waals surface area (Å²) in [5.74, 6) is 0.917. The van der Waals surface area contributed by atoms with Crippen LogP contribution in [-0.2, 0) is 24.2 Å². The lowest BCUT2D eigenvalue weighted by atomic mass is 9.96. The maximum atomic E-state index is 11.9. The smallest absolute Gasteiger partial charge is 0.410 e. The van der Waals surface area contributed by atoms with E-state index in [-0.39, 0.29) is 6.09 Å². The molecule has 1 N–H and O–H groups in total. The lowest BCUT2D eigenvalue weighted by Gasteiger charge is -2.29. The number of benzene rings is 1. The first-order chi connectivity index (χ1) is 11.2. The third kappa shape index (κ3) is 4.61. The minimum atomic E-state index is -0.232. The van der Waals surface area contributed by atoms with Crippen LogP contribution < -0.4 is 10.1 Å². The second-order valence-electron chi connectivity index (χ2n) is 5.71. The van der Waals surface area contributed by atoms with Crippen LogP contribution in [0.1, 0.15) is 43.9 Å². The second-order valence-corrected chi connectivity index (χ2v) is 5.71. The molecule has 0 bridgehead atoms. The van der Waals surface area contributed by atoms with Gasteiger partial charge < -0.3 is 19.7 Å². The van der Waals surface area contributed by atoms with Crippen molar-refractivity contribution in [2.75, 3.05) is 26.3 Å². The summed E-state index contributed by atoms with van der Waals surface area (Å²) in [6.07, 6.45) is 1.75. The molecule has 1 aliphatic heterocycles. The molecule has 1 aliphatic rings. The van der Waals surface area contributed by atoms with E-state index in [1.54, 1.807) is 4.90 Å². The minimum Gasteiger partial charge on any atom is -0.494 e. The van der Waals surface area contributed by atoms with Gasteiger partial charge in [-0.05, 0) is 50.4 Å². The zero-order valence-corrected chi connectivity index (χ0v) is 14.5. The van der Waals surface area contributed by atoms with Crippen LogP contribution in [-0.4, -0.2) is 37.3 Å². The number of ether oxygens (including phenoxy) is 2. The summed E-state index contributed by atoms with van der Waals surface area (Å²) >= 11 is 0. The van der Waals surface area contributed by atoms with Crippen molar-refractivity contribution in [3.8, 4) is 5.75 Å². The average Bonchev–Trinajstić information content (AvgIpc) is 2.55. The topological polar surface area (TPSA) is 50.8 Å². The number of carbonyl (C=O) groups is 1. The van der Waals surface area contributed by atoms with Crippen LogP contribution in [0.15, 0.2) is 12.1 Å². The highest BCUT2D eigenvalue weighted by Gasteiger charge is 2.23. The Bertz CT molecular complexity index is 531. The van der Waals surface area contributed by atoms with Crippen molar-refractivity contribution in [1.29, 1.82) is 0 Å². The van der Waals surface area contributed by atoms with Crippen molar-refractivity contribution >= 4 is 6.09 Å². The van der Waals surface area contributed by atoms with Crippen LogP contribution in [0.2, 0.25) is 0 Å². The molecule has 0 fully saturated rings. The Morgan fingerprint density at radius 2 is 2.04 bits per heavy atom. The molecule has 5 heteroatoms. The number of rotatable bonds is 7. The molecule has 1 aromatic carbocycles. The van der Waals surface area contributed by atoms with Crippen LogP contribution >= 0.6 is 0 Å². The predicted octanol–water partition coefficient (Wildman–Crippen LogP) is 3.10. The molecule has 0 spiro atoms. The normalized spacial score (nSPS) is 13.6. The van der Waals surface area contributed by atoms with Gasteiger partial charge in [0.1, 0.15) is 5.75 Å². The molecule has 1 heterocycles. The van der Waals surface area contributed by atoms with Gasteiger partial charge in [-0.25, -0.2) is 4.79 Å². The van der Waals surface area contributed by atoms with Crippen LogP contribution in [0.3, 0.4) is 0 Å². The number of carbonyl (C=O) groups excluding carboxylic acids is 1. The van der Waals surface area contributed by atoms with Gasteiger partial charge >= 0.3 is 6.09 Å². The highest BCUT2D eigenvalue weighted by atomic mass is 16.6. The Labute approximate surface area is 139 Å². The van der Waals surface area contributed by atoms with E-state index in [0.717, 1.165) is 37.2 Å². The summed E-state index contributed by atoms with van der Waals surface area (Å²) in [5.41, 5.74) is 3.66. The molecule has 128 valence electrons. The Kier molecular flexibility index (Phi) is 6.71. The van der Waals surface area contributed by atoms with Crippen molar-refractivity contribution in [3.05, 3.63) is 28.8 Å². The molecular formula is C18H28N2O3. The third-order valence-corrected chi connectivity index (χ3v) is 3.96. The molecule has 0 saturated carbocycles. The van der Waals surface area contributed by atoms with Gasteiger partial charge in [-0.15, -0.1) is 0 Å². The van der Waals surface area contributed by atoms with Crippen molar-refractivity contribution < 1.29 is 14.3 Å². The van der Waals surface area contributed by atoms with Crippen molar-refractivity contribution in [3.63, 3.8) is 0 Å². The number of nitrogens with one attached hydrogen (secondary N) is 1. The Balaban J connectivity index is 2.16. The summed E-state index contributed by atoms with van der Waals surface area (Å²) in [6.45, 7) is 10.2. The Morgan fingerprint density at radius 1 is 1.22 bits per heavy atom. The second kappa shape index (κ2) is 8.77. The molecular weight excluding hydrogens is 292 g/mol. The van der Waals surface area contributed by atoms with E-state index in [0.29, 0.717) is 26.3 Å². The van der Waals surface area contributed by atoms with Gasteiger partial charge in [0, 0.05) is 25.2 Å². The molecule has 1 amide bonds. The molecule has 0 atom stereocenters. The van der Waals surface area contributed by atoms with Crippen LogP contribution in [0.5, 0.6) is 5.75 Å². The zero-order valence-electron chi connectivity index (χ0n) is 14.5. The molecule has 0 aromatic heterocycles. The average molecular weight is 320 g/mol. The first kappa shape index (κ1) is 17.6. The van der Waals surface area contributed by atoms with E-state index in [9.17, 15) is 4.79 Å². The molecule has 1 aromatic rings. The third-order valence-electron chi connectivity index (χ3n) is 3.96. The van der Waals surface area contributed by atoms with Gasteiger partial charge in [-0.3, -0.25) is 0 Å². The van der Waals surface area contributed by atoms with Crippen LogP contribution in [0.4, 0.5) is 4.79 Å². The minimum absolute atomic E-state index is 0.232. The summed E-state index contributed by atoms with van der Waals surface area (Å²) in [7, 11) is 0. The highest BCUT2D eigenvalue weighted by Crippen LogP contribution is 2.28. The van der Waals surface area contributed by atoms with Gasteiger partial charge in [0.2, 0.25) is 0 Å². The molecule has 5 nitrogen and oxygen atoms in total. The largest absolute Gasteiger partial charge is 0.494 e. The zero-order chi connectivity index (χ0) is 16.7. The van der Waals surface area contributed by atoms with E-state index in [1.165, 1.54) is 11.1 Å². The fourth-order valence-corrected chi connectivity index (χ4v) is 2.84. The number of nitrogens with zero attached hydrogens (tertiary/aromatic N) is 1. The maximum Gasteiger partial charge on any atom is 0.410 e. The van der Waals surface area contributed by atoms with Gasteiger partial charge in [-0.1, -0.05) is 13.0 Å². The first-order valence-electron chi connectivity index (χ1n) is 8.59. The molecule has 2 rings (SSSR count). The van der Waals surface area contributed by atoms with Gasteiger partial charge in [0.25, 0.3) is 0 Å². The summed E-state index contributed by atoms with van der Waals surface area (Å²) < 4.78 is 10.9. The fraction of sp³-hybridized carbons (Fsp3) is 0.611. The lowest BCUT2D eigenvalue weighted by molar-refractivity contribution is 0.102. The molecule has 0 saturated heterocycles. The summed E-state index contributed by atoms with van der Waals surface area (Å²) in [6, 6.07) is 4.32. The van der Waals surface area contributed by atoms with Crippen LogP contribution in [0.25, 0.3) is 0 Å². The maximum absolute atomic E-state index is 11.9. The summed E-state index contributed by atoms with van der Waals surface area (Å²) in [5, 5.41) is 3.44. The monoisotopic (exact) mass is 320 g/mol. The predicted molar refractivity (Wildman–Crippen MR) is 90.7 cm³/mol. The van der Waals surface area contributed by atoms with E-state index in [1.807, 2.05) is 13.8 Å². The van der Waals surface area contributed by atoms with Gasteiger partial charge in [-0.2, -0.15) is 0 Å². The first-order valence-corrected chi connectivity index (χ1v) is 8.59. The van der Waals surface area contributed by atoms with E-state index >= 15 is 0 Å². The van der Waals surface area contributed by atoms with Gasteiger partial charge in [0.15, 0.2) is 0 Å². The van der Waals surface area contributed by atoms with E-state index < -0.39 is 0 Å². The molecule has 0 unspecified atom stereocenters. The number of hydrogen-bond acceptors (Lipinski definition) is 4. The van der Waals surface area contributed by atoms with Crippen molar-refractivity contribution in [2.24, 2.45) is 0 Å². The quantitative estimate of drug-likeness (QED) is 0.784. The highest BCUT2D eigenvalue weighted by molar-refractivity contribution is 5.68. The van der Waals surface area contributed by atoms with Crippen molar-refractivity contribution in [1.82, 2.24) is 10.2 Å². The SMILES string of the molecule is CCCNCc1cc2c(cc1OCC)CN(C(=O)OCC)CC2. The Hall–Kier alpha value is -1.75. The molecule has 23 heavy (non-hydrogen) atoms. The lowest BCUT2D eigenvalue weighted by Crippen LogP contribution is -2.36. The number of fused-ring (bicyclic) bond motifs is 1. The van der Waals surface area contributed by atoms with Crippen LogP contribution in [0, 0.1) is 0 Å². The number of hydrogen-bond donors (Lipinski definition) is 1.